The van der Waals surface area contributed by atoms with E-state index in [0.717, 1.165) is 11.3 Å². The maximum atomic E-state index is 12.0. The Morgan fingerprint density at radius 2 is 1.73 bits per heavy atom. The predicted molar refractivity (Wildman–Crippen MR) is 98.2 cm³/mol. The summed E-state index contributed by atoms with van der Waals surface area (Å²) in [5, 5.41) is 0. The highest BCUT2D eigenvalue weighted by Crippen LogP contribution is 2.19. The molecule has 0 saturated carbocycles. The van der Waals surface area contributed by atoms with Crippen molar-refractivity contribution in [3.63, 3.8) is 0 Å². The highest BCUT2D eigenvalue weighted by molar-refractivity contribution is 5.74. The zero-order valence-corrected chi connectivity index (χ0v) is 15.4. The van der Waals surface area contributed by atoms with E-state index < -0.39 is 12.2 Å². The van der Waals surface area contributed by atoms with Crippen molar-refractivity contribution in [2.75, 3.05) is 34.5 Å². The van der Waals surface area contributed by atoms with Gasteiger partial charge in [0.1, 0.15) is 18.1 Å². The lowest BCUT2D eigenvalue weighted by atomic mass is 10.2. The number of hydrogen-bond donors (Lipinski definition) is 0. The molecule has 0 heterocycles. The van der Waals surface area contributed by atoms with Gasteiger partial charge >= 0.3 is 5.97 Å². The molecule has 0 saturated heterocycles. The lowest BCUT2D eigenvalue weighted by Gasteiger charge is -2.28. The summed E-state index contributed by atoms with van der Waals surface area (Å²) in [6.07, 6.45) is -0.797. The first-order chi connectivity index (χ1) is 12.7. The van der Waals surface area contributed by atoms with Gasteiger partial charge in [0.2, 0.25) is 6.23 Å². The minimum atomic E-state index is -0.797. The fourth-order valence-electron chi connectivity index (χ4n) is 2.56. The fourth-order valence-corrected chi connectivity index (χ4v) is 2.56. The first-order valence-corrected chi connectivity index (χ1v) is 8.33. The lowest BCUT2D eigenvalue weighted by molar-refractivity contribution is -0.166. The van der Waals surface area contributed by atoms with Crippen LogP contribution in [0.3, 0.4) is 0 Å². The molecule has 2 rings (SSSR count). The largest absolute Gasteiger partial charge is 0.497 e. The number of carbonyl (C=O) groups is 1. The molecule has 0 spiro atoms. The van der Waals surface area contributed by atoms with E-state index in [4.69, 9.17) is 18.9 Å². The molecule has 140 valence electrons. The molecule has 2 aromatic carbocycles. The quantitative estimate of drug-likeness (QED) is 0.480. The maximum Gasteiger partial charge on any atom is 0.350 e. The normalized spacial score (nSPS) is 11.8. The third-order valence-corrected chi connectivity index (χ3v) is 3.87. The van der Waals surface area contributed by atoms with Crippen LogP contribution in [0.5, 0.6) is 11.5 Å². The highest BCUT2D eigenvalue weighted by atomic mass is 16.6. The summed E-state index contributed by atoms with van der Waals surface area (Å²) in [7, 11) is 4.45. The Balaban J connectivity index is 2.03. The number of ether oxygens (including phenoxy) is 4. The van der Waals surface area contributed by atoms with Crippen molar-refractivity contribution in [3.8, 4) is 11.5 Å². The second-order valence-electron chi connectivity index (χ2n) is 5.59. The van der Waals surface area contributed by atoms with Crippen LogP contribution in [0, 0.1) is 0 Å². The fraction of sp³-hybridized carbons (Fsp3) is 0.350. The number of carbonyl (C=O) groups excluding carboxylic acids is 1. The zero-order valence-electron chi connectivity index (χ0n) is 15.4. The molecule has 2 aromatic rings. The molecule has 0 aromatic heterocycles. The van der Waals surface area contributed by atoms with Crippen molar-refractivity contribution in [2.24, 2.45) is 0 Å². The van der Waals surface area contributed by atoms with Crippen LogP contribution in [0.2, 0.25) is 0 Å². The standard InChI is InChI=1S/C20H25NO5/c1-23-17-10-7-11-18(14-17)26-13-12-21(19(24-2)20(22)25-3)15-16-8-5-4-6-9-16/h4-11,14,19H,12-13,15H2,1-3H3/t19-/m0/s1. The third kappa shape index (κ3) is 5.75. The molecule has 0 radical (unpaired) electrons. The van der Waals surface area contributed by atoms with Gasteiger partial charge in [0.05, 0.1) is 14.2 Å². The molecule has 6 nitrogen and oxygen atoms in total. The monoisotopic (exact) mass is 359 g/mol. The van der Waals surface area contributed by atoms with Crippen LogP contribution in [0.1, 0.15) is 5.56 Å². The molecular weight excluding hydrogens is 334 g/mol. The Bertz CT molecular complexity index is 677. The summed E-state index contributed by atoms with van der Waals surface area (Å²) in [5.74, 6) is 0.994. The molecule has 6 heteroatoms. The molecule has 0 bridgehead atoms. The van der Waals surface area contributed by atoms with Gasteiger partial charge in [0.25, 0.3) is 0 Å². The molecule has 0 fully saturated rings. The number of hydrogen-bond acceptors (Lipinski definition) is 6. The Labute approximate surface area is 154 Å². The average Bonchev–Trinajstić information content (AvgIpc) is 2.69. The molecule has 1 atom stereocenters. The minimum Gasteiger partial charge on any atom is -0.497 e. The number of esters is 1. The van der Waals surface area contributed by atoms with Crippen LogP contribution in [0.15, 0.2) is 54.6 Å². The first kappa shape index (κ1) is 19.8. The second kappa shape index (κ2) is 10.4. The van der Waals surface area contributed by atoms with Gasteiger partial charge in [0, 0.05) is 26.3 Å². The zero-order chi connectivity index (χ0) is 18.8. The number of nitrogens with zero attached hydrogens (tertiary/aromatic N) is 1. The van der Waals surface area contributed by atoms with Gasteiger partial charge in [-0.15, -0.1) is 0 Å². The Hall–Kier alpha value is -2.57. The molecule has 0 aliphatic carbocycles. The van der Waals surface area contributed by atoms with Gasteiger partial charge in [0.15, 0.2) is 0 Å². The van der Waals surface area contributed by atoms with Crippen LogP contribution in [0.25, 0.3) is 0 Å². The van der Waals surface area contributed by atoms with E-state index in [1.807, 2.05) is 59.5 Å². The Kier molecular flexibility index (Phi) is 7.92. The van der Waals surface area contributed by atoms with Crippen LogP contribution in [-0.4, -0.2) is 51.6 Å². The van der Waals surface area contributed by atoms with E-state index in [2.05, 4.69) is 0 Å². The molecule has 26 heavy (non-hydrogen) atoms. The Morgan fingerprint density at radius 3 is 2.38 bits per heavy atom. The molecule has 0 aliphatic rings. The maximum absolute atomic E-state index is 12.0. The number of rotatable bonds is 10. The van der Waals surface area contributed by atoms with E-state index in [1.54, 1.807) is 7.11 Å². The predicted octanol–water partition coefficient (Wildman–Crippen LogP) is 2.72. The van der Waals surface area contributed by atoms with E-state index in [9.17, 15) is 4.79 Å². The van der Waals surface area contributed by atoms with Crippen LogP contribution < -0.4 is 9.47 Å². The van der Waals surface area contributed by atoms with Gasteiger partial charge in [-0.2, -0.15) is 0 Å². The van der Waals surface area contributed by atoms with E-state index in [0.29, 0.717) is 25.4 Å². The third-order valence-electron chi connectivity index (χ3n) is 3.87. The van der Waals surface area contributed by atoms with Gasteiger partial charge in [-0.1, -0.05) is 36.4 Å². The molecule has 0 unspecified atom stereocenters. The summed E-state index contributed by atoms with van der Waals surface area (Å²) in [5.41, 5.74) is 1.07. The highest BCUT2D eigenvalue weighted by Gasteiger charge is 2.26. The molecule has 0 N–H and O–H groups in total. The topological polar surface area (TPSA) is 57.2 Å². The summed E-state index contributed by atoms with van der Waals surface area (Å²) < 4.78 is 21.2. The van der Waals surface area contributed by atoms with Crippen molar-refractivity contribution >= 4 is 5.97 Å². The summed E-state index contributed by atoms with van der Waals surface area (Å²) in [4.78, 5) is 13.9. The van der Waals surface area contributed by atoms with Crippen LogP contribution in [0.4, 0.5) is 0 Å². The summed E-state index contributed by atoms with van der Waals surface area (Å²) in [6, 6.07) is 17.3. The van der Waals surface area contributed by atoms with E-state index in [-0.39, 0.29) is 0 Å². The Morgan fingerprint density at radius 1 is 1.00 bits per heavy atom. The van der Waals surface area contributed by atoms with Gasteiger partial charge in [-0.25, -0.2) is 4.79 Å². The molecule has 0 amide bonds. The number of methoxy groups -OCH3 is 3. The van der Waals surface area contributed by atoms with Crippen molar-refractivity contribution in [1.29, 1.82) is 0 Å². The van der Waals surface area contributed by atoms with E-state index in [1.165, 1.54) is 14.2 Å². The summed E-state index contributed by atoms with van der Waals surface area (Å²) in [6.45, 7) is 1.41. The van der Waals surface area contributed by atoms with Crippen molar-refractivity contribution in [2.45, 2.75) is 12.8 Å². The van der Waals surface area contributed by atoms with Crippen molar-refractivity contribution < 1.29 is 23.7 Å². The SMILES string of the molecule is COC(=O)[C@H](OC)N(CCOc1cccc(OC)c1)Cc1ccccc1. The van der Waals surface area contributed by atoms with Crippen LogP contribution in [-0.2, 0) is 20.8 Å². The van der Waals surface area contributed by atoms with Gasteiger partial charge in [-0.05, 0) is 17.7 Å². The number of benzene rings is 2. The van der Waals surface area contributed by atoms with Crippen molar-refractivity contribution in [1.82, 2.24) is 4.90 Å². The molecular formula is C20H25NO5. The second-order valence-corrected chi connectivity index (χ2v) is 5.59. The minimum absolute atomic E-state index is 0.386. The van der Waals surface area contributed by atoms with Gasteiger partial charge in [-0.3, -0.25) is 4.90 Å². The smallest absolute Gasteiger partial charge is 0.350 e. The first-order valence-electron chi connectivity index (χ1n) is 8.33. The average molecular weight is 359 g/mol. The van der Waals surface area contributed by atoms with Crippen molar-refractivity contribution in [3.05, 3.63) is 60.2 Å². The van der Waals surface area contributed by atoms with Gasteiger partial charge < -0.3 is 18.9 Å². The lowest BCUT2D eigenvalue weighted by Crippen LogP contribution is -2.44. The van der Waals surface area contributed by atoms with Crippen LogP contribution >= 0.6 is 0 Å². The summed E-state index contributed by atoms with van der Waals surface area (Å²) >= 11 is 0. The van der Waals surface area contributed by atoms with E-state index >= 15 is 0 Å². The molecule has 0 aliphatic heterocycles.